The minimum Gasteiger partial charge on any atom is -0.491 e. The normalized spacial score (nSPS) is 12.5. The van der Waals surface area contributed by atoms with Crippen LogP contribution in [0.2, 0.25) is 0 Å². The van der Waals surface area contributed by atoms with E-state index in [0.29, 0.717) is 6.61 Å². The van der Waals surface area contributed by atoms with Gasteiger partial charge >= 0.3 is 0 Å². The van der Waals surface area contributed by atoms with Gasteiger partial charge in [0.15, 0.2) is 0 Å². The maximum absolute atomic E-state index is 5.56. The van der Waals surface area contributed by atoms with Crippen LogP contribution in [-0.4, -0.2) is 27.7 Å². The van der Waals surface area contributed by atoms with E-state index in [9.17, 15) is 0 Å². The average Bonchev–Trinajstić information content (AvgIpc) is 2.16. The molecule has 0 amide bonds. The molecule has 70 valence electrons. The van der Waals surface area contributed by atoms with Gasteiger partial charge < -0.3 is 9.47 Å². The molecule has 0 heterocycles. The second-order valence-corrected chi connectivity index (χ2v) is 3.12. The molecule has 3 heteroatoms. The Kier molecular flexibility index (Phi) is 3.84. The lowest BCUT2D eigenvalue weighted by molar-refractivity contribution is 0.0720. The predicted octanol–water partition coefficient (Wildman–Crippen LogP) is 0.359. The van der Waals surface area contributed by atoms with E-state index in [1.54, 1.807) is 7.11 Å². The third-order valence-electron chi connectivity index (χ3n) is 1.97. The molecule has 0 radical (unpaired) electrons. The van der Waals surface area contributed by atoms with Crippen molar-refractivity contribution in [1.29, 1.82) is 0 Å². The topological polar surface area (TPSA) is 18.5 Å². The van der Waals surface area contributed by atoms with Crippen molar-refractivity contribution in [2.75, 3.05) is 13.7 Å². The molecule has 0 spiro atoms. The van der Waals surface area contributed by atoms with Gasteiger partial charge in [0, 0.05) is 7.11 Å². The monoisotopic (exact) mass is 178 g/mol. The lowest BCUT2D eigenvalue weighted by Gasteiger charge is -2.12. The molecule has 1 aromatic carbocycles. The first kappa shape index (κ1) is 10.1. The number of para-hydroxylation sites is 1. The number of methoxy groups -OCH3 is 1. The zero-order chi connectivity index (χ0) is 9.68. The van der Waals surface area contributed by atoms with Crippen LogP contribution in [0.1, 0.15) is 6.92 Å². The van der Waals surface area contributed by atoms with Crippen LogP contribution in [0.3, 0.4) is 0 Å². The summed E-state index contributed by atoms with van der Waals surface area (Å²) < 4.78 is 10.7. The van der Waals surface area contributed by atoms with Crippen LogP contribution >= 0.6 is 0 Å². The molecule has 2 nitrogen and oxygen atoms in total. The van der Waals surface area contributed by atoms with Gasteiger partial charge in [-0.05, 0) is 18.5 Å². The first-order valence-corrected chi connectivity index (χ1v) is 4.45. The van der Waals surface area contributed by atoms with Crippen LogP contribution in [0, 0.1) is 0 Å². The number of benzene rings is 1. The Morgan fingerprint density at radius 3 is 2.69 bits per heavy atom. The zero-order valence-corrected chi connectivity index (χ0v) is 8.41. The largest absolute Gasteiger partial charge is 0.491 e. The average molecular weight is 178 g/mol. The highest BCUT2D eigenvalue weighted by molar-refractivity contribution is 6.34. The van der Waals surface area contributed by atoms with Crippen molar-refractivity contribution in [2.24, 2.45) is 0 Å². The first-order chi connectivity index (χ1) is 6.24. The lowest BCUT2D eigenvalue weighted by Crippen LogP contribution is -2.19. The highest BCUT2D eigenvalue weighted by atomic mass is 16.5. The second-order valence-electron chi connectivity index (χ2n) is 3.12. The van der Waals surface area contributed by atoms with Gasteiger partial charge in [0.2, 0.25) is 0 Å². The Bertz CT molecular complexity index is 263. The van der Waals surface area contributed by atoms with Gasteiger partial charge in [-0.1, -0.05) is 18.2 Å². The van der Waals surface area contributed by atoms with E-state index in [4.69, 9.17) is 9.47 Å². The van der Waals surface area contributed by atoms with E-state index in [0.717, 1.165) is 11.2 Å². The minimum absolute atomic E-state index is 0.139. The molecule has 1 unspecified atom stereocenters. The fourth-order valence-corrected chi connectivity index (χ4v) is 0.994. The number of hydrogen-bond donors (Lipinski definition) is 0. The highest BCUT2D eigenvalue weighted by Gasteiger charge is 2.01. The van der Waals surface area contributed by atoms with Gasteiger partial charge in [0.25, 0.3) is 0 Å². The van der Waals surface area contributed by atoms with Crippen molar-refractivity contribution in [3.63, 3.8) is 0 Å². The molecular formula is C10H15BO2. The summed E-state index contributed by atoms with van der Waals surface area (Å²) in [6, 6.07) is 7.98. The Labute approximate surface area is 80.3 Å². The molecule has 0 N–H and O–H groups in total. The van der Waals surface area contributed by atoms with E-state index >= 15 is 0 Å². The summed E-state index contributed by atoms with van der Waals surface area (Å²) in [4.78, 5) is 0. The zero-order valence-electron chi connectivity index (χ0n) is 8.41. The highest BCUT2D eigenvalue weighted by Crippen LogP contribution is 2.05. The number of ether oxygens (including phenoxy) is 2. The third kappa shape index (κ3) is 3.11. The summed E-state index contributed by atoms with van der Waals surface area (Å²) in [5.41, 5.74) is 1.16. The number of rotatable bonds is 4. The van der Waals surface area contributed by atoms with Gasteiger partial charge in [0.05, 0.1) is 6.10 Å². The molecule has 0 bridgehead atoms. The molecule has 0 saturated heterocycles. The molecule has 0 fully saturated rings. The van der Waals surface area contributed by atoms with E-state index in [1.807, 2.05) is 39.0 Å². The summed E-state index contributed by atoms with van der Waals surface area (Å²) in [5.74, 6) is 0.936. The maximum Gasteiger partial charge on any atom is 0.144 e. The van der Waals surface area contributed by atoms with Crippen molar-refractivity contribution in [2.45, 2.75) is 13.0 Å². The Morgan fingerprint density at radius 2 is 2.08 bits per heavy atom. The van der Waals surface area contributed by atoms with Gasteiger partial charge in [-0.3, -0.25) is 0 Å². The molecule has 13 heavy (non-hydrogen) atoms. The quantitative estimate of drug-likeness (QED) is 0.619. The summed E-state index contributed by atoms with van der Waals surface area (Å²) >= 11 is 0. The molecule has 1 atom stereocenters. The summed E-state index contributed by atoms with van der Waals surface area (Å²) in [6.07, 6.45) is 0.139. The second kappa shape index (κ2) is 4.92. The third-order valence-corrected chi connectivity index (χ3v) is 1.97. The number of hydrogen-bond acceptors (Lipinski definition) is 2. The van der Waals surface area contributed by atoms with Gasteiger partial charge in [-0.15, -0.1) is 0 Å². The van der Waals surface area contributed by atoms with Crippen molar-refractivity contribution >= 4 is 13.3 Å². The summed E-state index contributed by atoms with van der Waals surface area (Å²) in [6.45, 7) is 2.58. The van der Waals surface area contributed by atoms with Gasteiger partial charge in [-0.2, -0.15) is 0 Å². The van der Waals surface area contributed by atoms with Crippen LogP contribution in [0.15, 0.2) is 24.3 Å². The first-order valence-electron chi connectivity index (χ1n) is 4.45. The van der Waals surface area contributed by atoms with Crippen molar-refractivity contribution in [3.8, 4) is 5.75 Å². The fourth-order valence-electron chi connectivity index (χ4n) is 0.994. The molecule has 0 aliphatic heterocycles. The Hall–Kier alpha value is -0.955. The summed E-state index contributed by atoms with van der Waals surface area (Å²) in [7, 11) is 3.72. The van der Waals surface area contributed by atoms with E-state index in [1.165, 1.54) is 0 Å². The van der Waals surface area contributed by atoms with Crippen LogP contribution < -0.4 is 10.2 Å². The van der Waals surface area contributed by atoms with Crippen molar-refractivity contribution < 1.29 is 9.47 Å². The summed E-state index contributed by atoms with van der Waals surface area (Å²) in [5, 5.41) is 0. The SMILES string of the molecule is Bc1ccccc1OCC(C)OC. The lowest BCUT2D eigenvalue weighted by atomic mass is 9.95. The van der Waals surface area contributed by atoms with Crippen LogP contribution in [0.4, 0.5) is 0 Å². The predicted molar refractivity (Wildman–Crippen MR) is 56.6 cm³/mol. The van der Waals surface area contributed by atoms with Crippen molar-refractivity contribution in [3.05, 3.63) is 24.3 Å². The standard InChI is InChI=1S/C10H15BO2/c1-8(12-2)7-13-10-6-4-3-5-9(10)11/h3-6,8H,7,11H2,1-2H3. The minimum atomic E-state index is 0.139. The smallest absolute Gasteiger partial charge is 0.144 e. The Balaban J connectivity index is 2.50. The van der Waals surface area contributed by atoms with E-state index in [2.05, 4.69) is 0 Å². The molecule has 1 rings (SSSR count). The fraction of sp³-hybridized carbons (Fsp3) is 0.400. The molecule has 1 aromatic rings. The van der Waals surface area contributed by atoms with Crippen molar-refractivity contribution in [1.82, 2.24) is 0 Å². The van der Waals surface area contributed by atoms with Crippen LogP contribution in [-0.2, 0) is 4.74 Å². The molecule has 0 aliphatic rings. The molecule has 0 aromatic heterocycles. The molecule has 0 aliphatic carbocycles. The molecular weight excluding hydrogens is 163 g/mol. The molecule has 0 saturated carbocycles. The van der Waals surface area contributed by atoms with Gasteiger partial charge in [0.1, 0.15) is 20.2 Å². The van der Waals surface area contributed by atoms with E-state index in [-0.39, 0.29) is 6.10 Å². The maximum atomic E-state index is 5.56. The van der Waals surface area contributed by atoms with Gasteiger partial charge in [-0.25, -0.2) is 0 Å². The van der Waals surface area contributed by atoms with Crippen LogP contribution in [0.25, 0.3) is 0 Å². The van der Waals surface area contributed by atoms with Crippen LogP contribution in [0.5, 0.6) is 5.75 Å². The Morgan fingerprint density at radius 1 is 1.38 bits per heavy atom. The van der Waals surface area contributed by atoms with E-state index < -0.39 is 0 Å².